The van der Waals surface area contributed by atoms with Crippen LogP contribution in [0.5, 0.6) is 0 Å². The van der Waals surface area contributed by atoms with Gasteiger partial charge in [-0.2, -0.15) is 0 Å². The zero-order valence-corrected chi connectivity index (χ0v) is 16.1. The molecule has 0 spiro atoms. The number of nitrogens with zero attached hydrogens (tertiary/aromatic N) is 2. The Hall–Kier alpha value is -2.37. The Morgan fingerprint density at radius 1 is 0.889 bits per heavy atom. The number of likely N-dealkylation sites (N-methyl/N-ethyl adjacent to an activating group) is 1. The SMILES string of the molecule is CN1CCN(C(CNC(=O)NCc2ccccc2)Cc2ccccc2)CC1. The number of amides is 2. The van der Waals surface area contributed by atoms with Crippen molar-refractivity contribution in [3.8, 4) is 0 Å². The number of carbonyl (C=O) groups is 1. The third kappa shape index (κ3) is 6.38. The van der Waals surface area contributed by atoms with Crippen LogP contribution in [0.3, 0.4) is 0 Å². The molecule has 1 fully saturated rings. The molecule has 1 atom stereocenters. The first-order valence-electron chi connectivity index (χ1n) is 9.73. The molecule has 1 saturated heterocycles. The van der Waals surface area contributed by atoms with Crippen molar-refractivity contribution in [1.82, 2.24) is 20.4 Å². The van der Waals surface area contributed by atoms with Crippen molar-refractivity contribution >= 4 is 6.03 Å². The summed E-state index contributed by atoms with van der Waals surface area (Å²) < 4.78 is 0. The molecule has 5 nitrogen and oxygen atoms in total. The van der Waals surface area contributed by atoms with E-state index >= 15 is 0 Å². The van der Waals surface area contributed by atoms with Gasteiger partial charge in [-0.05, 0) is 24.6 Å². The second kappa shape index (κ2) is 10.1. The highest BCUT2D eigenvalue weighted by Gasteiger charge is 2.23. The van der Waals surface area contributed by atoms with Crippen molar-refractivity contribution in [1.29, 1.82) is 0 Å². The molecule has 1 aliphatic heterocycles. The minimum atomic E-state index is -0.106. The first kappa shape index (κ1) is 19.4. The second-order valence-electron chi connectivity index (χ2n) is 7.23. The molecule has 2 N–H and O–H groups in total. The third-order valence-corrected chi connectivity index (χ3v) is 5.16. The Morgan fingerprint density at radius 2 is 1.48 bits per heavy atom. The summed E-state index contributed by atoms with van der Waals surface area (Å²) in [6.45, 7) is 5.43. The zero-order valence-electron chi connectivity index (χ0n) is 16.1. The maximum absolute atomic E-state index is 12.3. The van der Waals surface area contributed by atoms with Crippen LogP contribution in [0.15, 0.2) is 60.7 Å². The van der Waals surface area contributed by atoms with E-state index in [1.807, 2.05) is 36.4 Å². The van der Waals surface area contributed by atoms with Crippen molar-refractivity contribution in [3.05, 3.63) is 71.8 Å². The molecule has 144 valence electrons. The number of hydrogen-bond acceptors (Lipinski definition) is 3. The van der Waals surface area contributed by atoms with Crippen molar-refractivity contribution in [3.63, 3.8) is 0 Å². The predicted octanol–water partition coefficient (Wildman–Crippen LogP) is 2.34. The summed E-state index contributed by atoms with van der Waals surface area (Å²) in [5.74, 6) is 0. The van der Waals surface area contributed by atoms with E-state index in [9.17, 15) is 4.79 Å². The van der Waals surface area contributed by atoms with E-state index in [0.29, 0.717) is 19.1 Å². The molecule has 1 aliphatic rings. The van der Waals surface area contributed by atoms with E-state index in [2.05, 4.69) is 51.7 Å². The topological polar surface area (TPSA) is 47.6 Å². The number of nitrogens with one attached hydrogen (secondary N) is 2. The molecule has 0 aromatic heterocycles. The highest BCUT2D eigenvalue weighted by molar-refractivity contribution is 5.73. The fourth-order valence-corrected chi connectivity index (χ4v) is 3.45. The van der Waals surface area contributed by atoms with Crippen LogP contribution in [0.4, 0.5) is 4.79 Å². The van der Waals surface area contributed by atoms with Crippen LogP contribution in [0.1, 0.15) is 11.1 Å². The van der Waals surface area contributed by atoms with Gasteiger partial charge in [0.15, 0.2) is 0 Å². The van der Waals surface area contributed by atoms with Crippen LogP contribution in [0.25, 0.3) is 0 Å². The van der Waals surface area contributed by atoms with E-state index < -0.39 is 0 Å². The maximum Gasteiger partial charge on any atom is 0.315 e. The molecule has 2 amide bonds. The van der Waals surface area contributed by atoms with Crippen LogP contribution in [-0.2, 0) is 13.0 Å². The van der Waals surface area contributed by atoms with E-state index in [1.165, 1.54) is 5.56 Å². The van der Waals surface area contributed by atoms with Gasteiger partial charge in [-0.3, -0.25) is 4.90 Å². The number of rotatable bonds is 7. The Labute approximate surface area is 162 Å². The molecule has 1 unspecified atom stereocenters. The van der Waals surface area contributed by atoms with E-state index in [1.54, 1.807) is 0 Å². The molecular formula is C22H30N4O. The summed E-state index contributed by atoms with van der Waals surface area (Å²) in [6, 6.07) is 20.7. The highest BCUT2D eigenvalue weighted by Crippen LogP contribution is 2.11. The van der Waals surface area contributed by atoms with Gasteiger partial charge < -0.3 is 15.5 Å². The molecule has 3 rings (SSSR count). The summed E-state index contributed by atoms with van der Waals surface area (Å²) >= 11 is 0. The van der Waals surface area contributed by atoms with Crippen molar-refractivity contribution < 1.29 is 4.79 Å². The zero-order chi connectivity index (χ0) is 18.9. The van der Waals surface area contributed by atoms with Gasteiger partial charge in [0.1, 0.15) is 0 Å². The molecule has 2 aromatic carbocycles. The van der Waals surface area contributed by atoms with Gasteiger partial charge >= 0.3 is 6.03 Å². The lowest BCUT2D eigenvalue weighted by Gasteiger charge is -2.38. The summed E-state index contributed by atoms with van der Waals surface area (Å²) in [7, 11) is 2.17. The maximum atomic E-state index is 12.3. The molecule has 1 heterocycles. The molecule has 0 aliphatic carbocycles. The number of carbonyl (C=O) groups excluding carboxylic acids is 1. The van der Waals surface area contributed by atoms with Crippen molar-refractivity contribution in [2.45, 2.75) is 19.0 Å². The van der Waals surface area contributed by atoms with Crippen LogP contribution in [0.2, 0.25) is 0 Å². The monoisotopic (exact) mass is 366 g/mol. The number of benzene rings is 2. The average Bonchev–Trinajstić information content (AvgIpc) is 2.72. The van der Waals surface area contributed by atoms with E-state index in [0.717, 1.165) is 38.2 Å². The summed E-state index contributed by atoms with van der Waals surface area (Å²) in [5.41, 5.74) is 2.42. The van der Waals surface area contributed by atoms with Gasteiger partial charge in [0.05, 0.1) is 0 Å². The summed E-state index contributed by atoms with van der Waals surface area (Å²) in [5, 5.41) is 6.03. The van der Waals surface area contributed by atoms with E-state index in [-0.39, 0.29) is 6.03 Å². The van der Waals surface area contributed by atoms with Gasteiger partial charge in [0.25, 0.3) is 0 Å². The molecule has 5 heteroatoms. The van der Waals surface area contributed by atoms with E-state index in [4.69, 9.17) is 0 Å². The smallest absolute Gasteiger partial charge is 0.315 e. The normalized spacial score (nSPS) is 16.6. The van der Waals surface area contributed by atoms with Gasteiger partial charge in [-0.15, -0.1) is 0 Å². The fraction of sp³-hybridized carbons (Fsp3) is 0.409. The first-order valence-corrected chi connectivity index (χ1v) is 9.73. The molecule has 0 saturated carbocycles. The fourth-order valence-electron chi connectivity index (χ4n) is 3.45. The summed E-state index contributed by atoms with van der Waals surface area (Å²) in [4.78, 5) is 17.1. The lowest BCUT2D eigenvalue weighted by Crippen LogP contribution is -2.53. The van der Waals surface area contributed by atoms with Gasteiger partial charge in [-0.25, -0.2) is 4.79 Å². The van der Waals surface area contributed by atoms with Crippen molar-refractivity contribution in [2.24, 2.45) is 0 Å². The lowest BCUT2D eigenvalue weighted by molar-refractivity contribution is 0.110. The Morgan fingerprint density at radius 3 is 2.11 bits per heavy atom. The predicted molar refractivity (Wildman–Crippen MR) is 110 cm³/mol. The van der Waals surface area contributed by atoms with Crippen LogP contribution < -0.4 is 10.6 Å². The van der Waals surface area contributed by atoms with Crippen molar-refractivity contribution in [2.75, 3.05) is 39.8 Å². The molecule has 0 radical (unpaired) electrons. The molecule has 0 bridgehead atoms. The Balaban J connectivity index is 1.53. The standard InChI is InChI=1S/C22H30N4O/c1-25-12-14-26(15-13-25)21(16-19-8-4-2-5-9-19)18-24-22(27)23-17-20-10-6-3-7-11-20/h2-11,21H,12-18H2,1H3,(H2,23,24,27). The first-order chi connectivity index (χ1) is 13.2. The van der Waals surface area contributed by atoms with Crippen LogP contribution in [0, 0.1) is 0 Å². The highest BCUT2D eigenvalue weighted by atomic mass is 16.2. The van der Waals surface area contributed by atoms with Gasteiger partial charge in [-0.1, -0.05) is 60.7 Å². The minimum Gasteiger partial charge on any atom is -0.337 e. The Bertz CT molecular complexity index is 684. The average molecular weight is 367 g/mol. The Kier molecular flexibility index (Phi) is 7.25. The van der Waals surface area contributed by atoms with Gasteiger partial charge in [0, 0.05) is 45.3 Å². The second-order valence-corrected chi connectivity index (χ2v) is 7.23. The largest absolute Gasteiger partial charge is 0.337 e. The van der Waals surface area contributed by atoms with Crippen LogP contribution >= 0.6 is 0 Å². The van der Waals surface area contributed by atoms with Crippen LogP contribution in [-0.4, -0.2) is 61.6 Å². The third-order valence-electron chi connectivity index (χ3n) is 5.16. The minimum absolute atomic E-state index is 0.106. The lowest BCUT2D eigenvalue weighted by atomic mass is 10.0. The number of urea groups is 1. The quantitative estimate of drug-likeness (QED) is 0.791. The molecule has 2 aromatic rings. The molecule has 27 heavy (non-hydrogen) atoms. The summed E-state index contributed by atoms with van der Waals surface area (Å²) in [6.07, 6.45) is 0.948. The number of hydrogen-bond donors (Lipinski definition) is 2. The van der Waals surface area contributed by atoms with Gasteiger partial charge in [0.2, 0.25) is 0 Å². The number of piperazine rings is 1. The molecular weight excluding hydrogens is 336 g/mol.